The van der Waals surface area contributed by atoms with Crippen molar-refractivity contribution in [3.05, 3.63) is 29.3 Å². The first kappa shape index (κ1) is 12.7. The summed E-state index contributed by atoms with van der Waals surface area (Å²) >= 11 is 1.82. The van der Waals surface area contributed by atoms with Gasteiger partial charge in [-0.05, 0) is 44.9 Å². The maximum atomic E-state index is 4.71. The molecule has 2 aliphatic heterocycles. The van der Waals surface area contributed by atoms with Crippen LogP contribution >= 0.6 is 11.3 Å². The lowest BCUT2D eigenvalue weighted by Crippen LogP contribution is -2.46. The molecule has 0 amide bonds. The molecule has 2 aromatic rings. The number of piperidine rings is 1. The molecule has 106 valence electrons. The van der Waals surface area contributed by atoms with Crippen molar-refractivity contribution < 1.29 is 0 Å². The SMILES string of the molecule is CN1C2CCC1CC(NCc1nc3ccccc3s1)C2. The maximum Gasteiger partial charge on any atom is 0.108 e. The number of benzene rings is 1. The molecule has 4 rings (SSSR count). The van der Waals surface area contributed by atoms with Gasteiger partial charge in [0.2, 0.25) is 0 Å². The minimum atomic E-state index is 0.677. The van der Waals surface area contributed by atoms with Crippen LogP contribution in [-0.2, 0) is 6.54 Å². The van der Waals surface area contributed by atoms with Crippen molar-refractivity contribution in [1.29, 1.82) is 0 Å². The summed E-state index contributed by atoms with van der Waals surface area (Å²) in [5.74, 6) is 0. The molecule has 2 fully saturated rings. The zero-order chi connectivity index (χ0) is 13.5. The molecule has 1 aromatic heterocycles. The van der Waals surface area contributed by atoms with Crippen molar-refractivity contribution in [2.75, 3.05) is 7.05 Å². The maximum absolute atomic E-state index is 4.71. The van der Waals surface area contributed by atoms with E-state index < -0.39 is 0 Å². The van der Waals surface area contributed by atoms with Crippen LogP contribution in [0.3, 0.4) is 0 Å². The number of rotatable bonds is 3. The molecule has 2 bridgehead atoms. The molecule has 0 radical (unpaired) electrons. The smallest absolute Gasteiger partial charge is 0.108 e. The lowest BCUT2D eigenvalue weighted by Gasteiger charge is -2.36. The summed E-state index contributed by atoms with van der Waals surface area (Å²) in [6.07, 6.45) is 5.39. The predicted octanol–water partition coefficient (Wildman–Crippen LogP) is 3.01. The molecule has 4 heteroatoms. The van der Waals surface area contributed by atoms with Crippen molar-refractivity contribution in [1.82, 2.24) is 15.2 Å². The van der Waals surface area contributed by atoms with Gasteiger partial charge in [0.15, 0.2) is 0 Å². The number of thiazole rings is 1. The van der Waals surface area contributed by atoms with Gasteiger partial charge in [-0.25, -0.2) is 4.98 Å². The van der Waals surface area contributed by atoms with Gasteiger partial charge in [-0.15, -0.1) is 11.3 Å². The third kappa shape index (κ3) is 2.26. The largest absolute Gasteiger partial charge is 0.308 e. The van der Waals surface area contributed by atoms with E-state index in [2.05, 4.69) is 41.5 Å². The average Bonchev–Trinajstić information content (AvgIpc) is 2.94. The van der Waals surface area contributed by atoms with Crippen LogP contribution in [0.1, 0.15) is 30.7 Å². The summed E-state index contributed by atoms with van der Waals surface area (Å²) in [5, 5.41) is 4.96. The van der Waals surface area contributed by atoms with Crippen LogP contribution < -0.4 is 5.32 Å². The molecule has 3 heterocycles. The van der Waals surface area contributed by atoms with Gasteiger partial charge < -0.3 is 10.2 Å². The highest BCUT2D eigenvalue weighted by atomic mass is 32.1. The second kappa shape index (κ2) is 5.10. The van der Waals surface area contributed by atoms with Gasteiger partial charge in [0.05, 0.1) is 10.2 Å². The summed E-state index contributed by atoms with van der Waals surface area (Å²) in [6.45, 7) is 0.924. The summed E-state index contributed by atoms with van der Waals surface area (Å²) in [6, 6.07) is 10.7. The van der Waals surface area contributed by atoms with Gasteiger partial charge in [0.1, 0.15) is 5.01 Å². The van der Waals surface area contributed by atoms with Crippen LogP contribution in [0.15, 0.2) is 24.3 Å². The quantitative estimate of drug-likeness (QED) is 0.940. The van der Waals surface area contributed by atoms with Crippen molar-refractivity contribution in [3.8, 4) is 0 Å². The molecule has 0 saturated carbocycles. The van der Waals surface area contributed by atoms with E-state index in [1.54, 1.807) is 0 Å². The zero-order valence-electron chi connectivity index (χ0n) is 11.9. The molecule has 20 heavy (non-hydrogen) atoms. The number of nitrogens with zero attached hydrogens (tertiary/aromatic N) is 2. The first-order valence-corrected chi connectivity index (χ1v) is 8.41. The van der Waals surface area contributed by atoms with E-state index in [0.29, 0.717) is 6.04 Å². The molecular formula is C16H21N3S. The zero-order valence-corrected chi connectivity index (χ0v) is 12.7. The van der Waals surface area contributed by atoms with Gasteiger partial charge in [-0.3, -0.25) is 0 Å². The Labute approximate surface area is 124 Å². The summed E-state index contributed by atoms with van der Waals surface area (Å²) in [5.41, 5.74) is 1.14. The standard InChI is InChI=1S/C16H21N3S/c1-19-12-6-7-13(19)9-11(8-12)17-10-16-18-14-4-2-3-5-15(14)20-16/h2-5,11-13,17H,6-10H2,1H3. The fourth-order valence-corrected chi connectivity index (χ4v) is 4.72. The molecule has 2 atom stereocenters. The Bertz CT molecular complexity index is 562. The van der Waals surface area contributed by atoms with Crippen molar-refractivity contribution in [2.24, 2.45) is 0 Å². The molecule has 1 N–H and O–H groups in total. The van der Waals surface area contributed by atoms with E-state index in [-0.39, 0.29) is 0 Å². The molecule has 3 nitrogen and oxygen atoms in total. The number of para-hydroxylation sites is 1. The van der Waals surface area contributed by atoms with E-state index in [1.807, 2.05) is 11.3 Å². The van der Waals surface area contributed by atoms with Gasteiger partial charge in [0.25, 0.3) is 0 Å². The first-order valence-electron chi connectivity index (χ1n) is 7.59. The van der Waals surface area contributed by atoms with Crippen LogP contribution in [0.4, 0.5) is 0 Å². The normalized spacial score (nSPS) is 30.1. The van der Waals surface area contributed by atoms with Crippen LogP contribution in [-0.4, -0.2) is 35.1 Å². The lowest BCUT2D eigenvalue weighted by atomic mass is 9.98. The lowest BCUT2D eigenvalue weighted by molar-refractivity contribution is 0.148. The minimum absolute atomic E-state index is 0.677. The highest BCUT2D eigenvalue weighted by molar-refractivity contribution is 7.18. The topological polar surface area (TPSA) is 28.2 Å². The predicted molar refractivity (Wildman–Crippen MR) is 84.1 cm³/mol. The Hall–Kier alpha value is -0.970. The van der Waals surface area contributed by atoms with Gasteiger partial charge in [-0.1, -0.05) is 12.1 Å². The fourth-order valence-electron chi connectivity index (χ4n) is 3.81. The van der Waals surface area contributed by atoms with Crippen molar-refractivity contribution >= 4 is 21.6 Å². The Morgan fingerprint density at radius 3 is 2.75 bits per heavy atom. The van der Waals surface area contributed by atoms with Crippen LogP contribution in [0.2, 0.25) is 0 Å². The fraction of sp³-hybridized carbons (Fsp3) is 0.562. The van der Waals surface area contributed by atoms with Crippen LogP contribution in [0, 0.1) is 0 Å². The van der Waals surface area contributed by atoms with Crippen molar-refractivity contribution in [2.45, 2.75) is 50.4 Å². The van der Waals surface area contributed by atoms with Crippen molar-refractivity contribution in [3.63, 3.8) is 0 Å². The molecular weight excluding hydrogens is 266 g/mol. The molecule has 0 aliphatic carbocycles. The molecule has 2 aliphatic rings. The number of fused-ring (bicyclic) bond motifs is 3. The number of aromatic nitrogens is 1. The Morgan fingerprint density at radius 2 is 2.00 bits per heavy atom. The summed E-state index contributed by atoms with van der Waals surface area (Å²) in [7, 11) is 2.30. The Kier molecular flexibility index (Phi) is 3.25. The average molecular weight is 287 g/mol. The highest BCUT2D eigenvalue weighted by Gasteiger charge is 2.38. The Morgan fingerprint density at radius 1 is 1.25 bits per heavy atom. The first-order chi connectivity index (χ1) is 9.79. The number of hydrogen-bond donors (Lipinski definition) is 1. The molecule has 2 saturated heterocycles. The second-order valence-corrected chi connectivity index (χ2v) is 7.29. The third-order valence-corrected chi connectivity index (χ3v) is 6.01. The Balaban J connectivity index is 1.41. The third-order valence-electron chi connectivity index (χ3n) is 4.98. The van der Waals surface area contributed by atoms with E-state index >= 15 is 0 Å². The number of nitrogens with one attached hydrogen (secondary N) is 1. The molecule has 2 unspecified atom stereocenters. The monoisotopic (exact) mass is 287 g/mol. The highest BCUT2D eigenvalue weighted by Crippen LogP contribution is 2.34. The second-order valence-electron chi connectivity index (χ2n) is 6.18. The molecule has 0 spiro atoms. The van der Waals surface area contributed by atoms with E-state index in [1.165, 1.54) is 35.4 Å². The van der Waals surface area contributed by atoms with E-state index in [0.717, 1.165) is 24.1 Å². The van der Waals surface area contributed by atoms with E-state index in [9.17, 15) is 0 Å². The van der Waals surface area contributed by atoms with Crippen LogP contribution in [0.25, 0.3) is 10.2 Å². The van der Waals surface area contributed by atoms with Gasteiger partial charge in [0, 0.05) is 24.7 Å². The minimum Gasteiger partial charge on any atom is -0.308 e. The van der Waals surface area contributed by atoms with Crippen LogP contribution in [0.5, 0.6) is 0 Å². The van der Waals surface area contributed by atoms with Gasteiger partial charge >= 0.3 is 0 Å². The van der Waals surface area contributed by atoms with Gasteiger partial charge in [-0.2, -0.15) is 0 Å². The van der Waals surface area contributed by atoms with E-state index in [4.69, 9.17) is 4.98 Å². The number of hydrogen-bond acceptors (Lipinski definition) is 4. The summed E-state index contributed by atoms with van der Waals surface area (Å²) in [4.78, 5) is 7.30. The summed E-state index contributed by atoms with van der Waals surface area (Å²) < 4.78 is 1.30. The molecule has 1 aromatic carbocycles.